The molecule has 0 fully saturated rings. The van der Waals surface area contributed by atoms with Crippen LogP contribution in [0.25, 0.3) is 0 Å². The van der Waals surface area contributed by atoms with Crippen molar-refractivity contribution < 1.29 is 13.2 Å². The fourth-order valence-electron chi connectivity index (χ4n) is 2.30. The summed E-state index contributed by atoms with van der Waals surface area (Å²) in [5.74, 6) is -3.01. The van der Waals surface area contributed by atoms with E-state index >= 15 is 0 Å². The minimum Gasteiger partial charge on any atom is -0.378 e. The molecule has 1 aromatic carbocycles. The molecule has 0 saturated carbocycles. The predicted molar refractivity (Wildman–Crippen MR) is 75.7 cm³/mol. The number of anilines is 1. The van der Waals surface area contributed by atoms with Crippen molar-refractivity contribution in [1.29, 1.82) is 0 Å². The van der Waals surface area contributed by atoms with Crippen LogP contribution in [-0.4, -0.2) is 9.78 Å². The van der Waals surface area contributed by atoms with E-state index in [0.29, 0.717) is 6.07 Å². The van der Waals surface area contributed by atoms with Gasteiger partial charge in [-0.25, -0.2) is 13.2 Å². The SMILES string of the molecule is Cc1nn(C(C)C)c(C)c1NCc1cc(F)c(F)cc1F. The van der Waals surface area contributed by atoms with Crippen LogP contribution in [0.3, 0.4) is 0 Å². The number of rotatable bonds is 4. The van der Waals surface area contributed by atoms with E-state index in [2.05, 4.69) is 10.4 Å². The van der Waals surface area contributed by atoms with Crippen molar-refractivity contribution in [3.05, 3.63) is 46.5 Å². The lowest BCUT2D eigenvalue weighted by atomic mass is 10.2. The van der Waals surface area contributed by atoms with Crippen molar-refractivity contribution in [2.24, 2.45) is 0 Å². The fourth-order valence-corrected chi connectivity index (χ4v) is 2.30. The molecule has 2 aromatic rings. The largest absolute Gasteiger partial charge is 0.378 e. The molecule has 2 rings (SSSR count). The maximum atomic E-state index is 13.6. The van der Waals surface area contributed by atoms with Gasteiger partial charge in [0.1, 0.15) is 5.82 Å². The number of aromatic nitrogens is 2. The summed E-state index contributed by atoms with van der Waals surface area (Å²) in [4.78, 5) is 0. The molecule has 0 bridgehead atoms. The van der Waals surface area contributed by atoms with Crippen LogP contribution in [0.2, 0.25) is 0 Å². The maximum absolute atomic E-state index is 13.6. The fraction of sp³-hybridized carbons (Fsp3) is 0.400. The first-order chi connectivity index (χ1) is 9.81. The molecule has 0 amide bonds. The van der Waals surface area contributed by atoms with Crippen molar-refractivity contribution in [2.75, 3.05) is 5.32 Å². The Morgan fingerprint density at radius 3 is 2.29 bits per heavy atom. The first-order valence-corrected chi connectivity index (χ1v) is 6.74. The van der Waals surface area contributed by atoms with Crippen LogP contribution in [-0.2, 0) is 6.54 Å². The molecule has 1 N–H and O–H groups in total. The van der Waals surface area contributed by atoms with E-state index in [9.17, 15) is 13.2 Å². The number of hydrogen-bond acceptors (Lipinski definition) is 2. The second kappa shape index (κ2) is 5.79. The second-order valence-electron chi connectivity index (χ2n) is 5.30. The summed E-state index contributed by atoms with van der Waals surface area (Å²) in [7, 11) is 0. The smallest absolute Gasteiger partial charge is 0.161 e. The molecule has 1 aromatic heterocycles. The summed E-state index contributed by atoms with van der Waals surface area (Å²) in [6.07, 6.45) is 0. The molecule has 1 heterocycles. The van der Waals surface area contributed by atoms with Crippen molar-refractivity contribution in [1.82, 2.24) is 9.78 Å². The van der Waals surface area contributed by atoms with Crippen molar-refractivity contribution >= 4 is 5.69 Å². The predicted octanol–water partition coefficient (Wildman–Crippen LogP) is 4.11. The number of halogens is 3. The highest BCUT2D eigenvalue weighted by molar-refractivity contribution is 5.52. The third-order valence-corrected chi connectivity index (χ3v) is 3.36. The minimum atomic E-state index is -1.18. The van der Waals surface area contributed by atoms with Crippen molar-refractivity contribution in [2.45, 2.75) is 40.3 Å². The molecule has 114 valence electrons. The van der Waals surface area contributed by atoms with E-state index in [0.717, 1.165) is 23.1 Å². The molecule has 3 nitrogen and oxygen atoms in total. The Morgan fingerprint density at radius 2 is 1.71 bits per heavy atom. The van der Waals surface area contributed by atoms with Crippen LogP contribution in [0.15, 0.2) is 12.1 Å². The third kappa shape index (κ3) is 3.04. The van der Waals surface area contributed by atoms with Gasteiger partial charge in [-0.05, 0) is 33.8 Å². The van der Waals surface area contributed by atoms with Crippen LogP contribution < -0.4 is 5.32 Å². The lowest BCUT2D eigenvalue weighted by Crippen LogP contribution is -2.07. The average Bonchev–Trinajstić information content (AvgIpc) is 2.68. The van der Waals surface area contributed by atoms with Crippen LogP contribution in [0.5, 0.6) is 0 Å². The molecule has 0 aliphatic heterocycles. The monoisotopic (exact) mass is 297 g/mol. The molecule has 0 aliphatic carbocycles. The summed E-state index contributed by atoms with van der Waals surface area (Å²) in [6.45, 7) is 7.84. The Hall–Kier alpha value is -1.98. The minimum absolute atomic E-state index is 0.0640. The standard InChI is InChI=1S/C15H18F3N3/c1-8(2)21-10(4)15(9(3)20-21)19-7-11-5-13(17)14(18)6-12(11)16/h5-6,8,19H,7H2,1-4H3. The molecule has 0 radical (unpaired) electrons. The number of aryl methyl sites for hydroxylation is 1. The molecule has 0 spiro atoms. The van der Waals surface area contributed by atoms with Gasteiger partial charge in [-0.1, -0.05) is 0 Å². The number of nitrogens with zero attached hydrogens (tertiary/aromatic N) is 2. The zero-order valence-electron chi connectivity index (χ0n) is 12.5. The van der Waals surface area contributed by atoms with Gasteiger partial charge in [-0.3, -0.25) is 4.68 Å². The molecule has 6 heteroatoms. The second-order valence-corrected chi connectivity index (χ2v) is 5.30. The van der Waals surface area contributed by atoms with Crippen LogP contribution in [0, 0.1) is 31.3 Å². The van der Waals surface area contributed by atoms with Gasteiger partial charge < -0.3 is 5.32 Å². The Morgan fingerprint density at radius 1 is 1.10 bits per heavy atom. The van der Waals surface area contributed by atoms with Crippen molar-refractivity contribution in [3.8, 4) is 0 Å². The van der Waals surface area contributed by atoms with E-state index in [1.165, 1.54) is 0 Å². The number of nitrogens with one attached hydrogen (secondary N) is 1. The summed E-state index contributed by atoms with van der Waals surface area (Å²) in [5.41, 5.74) is 2.56. The molecule has 0 aliphatic rings. The molecule has 0 atom stereocenters. The van der Waals surface area contributed by atoms with E-state index in [-0.39, 0.29) is 18.2 Å². The lowest BCUT2D eigenvalue weighted by molar-refractivity contribution is 0.490. The maximum Gasteiger partial charge on any atom is 0.161 e. The zero-order chi connectivity index (χ0) is 15.7. The highest BCUT2D eigenvalue weighted by Crippen LogP contribution is 2.23. The summed E-state index contributed by atoms with van der Waals surface area (Å²) < 4.78 is 41.5. The molecule has 0 saturated heterocycles. The first kappa shape index (κ1) is 15.4. The Bertz CT molecular complexity index is 663. The highest BCUT2D eigenvalue weighted by Gasteiger charge is 2.15. The van der Waals surface area contributed by atoms with Gasteiger partial charge in [0.05, 0.1) is 17.1 Å². The zero-order valence-corrected chi connectivity index (χ0v) is 12.5. The average molecular weight is 297 g/mol. The van der Waals surface area contributed by atoms with Crippen LogP contribution >= 0.6 is 0 Å². The van der Waals surface area contributed by atoms with Gasteiger partial charge in [0.2, 0.25) is 0 Å². The first-order valence-electron chi connectivity index (χ1n) is 6.74. The molecular weight excluding hydrogens is 279 g/mol. The molecule has 21 heavy (non-hydrogen) atoms. The summed E-state index contributed by atoms with van der Waals surface area (Å²) >= 11 is 0. The number of hydrogen-bond donors (Lipinski definition) is 1. The highest BCUT2D eigenvalue weighted by atomic mass is 19.2. The quantitative estimate of drug-likeness (QED) is 0.861. The van der Waals surface area contributed by atoms with Gasteiger partial charge in [-0.15, -0.1) is 0 Å². The van der Waals surface area contributed by atoms with Gasteiger partial charge in [-0.2, -0.15) is 5.10 Å². The van der Waals surface area contributed by atoms with Gasteiger partial charge in [0.15, 0.2) is 11.6 Å². The molecular formula is C15H18F3N3. The Balaban J connectivity index is 2.23. The Kier molecular flexibility index (Phi) is 4.25. The third-order valence-electron chi connectivity index (χ3n) is 3.36. The summed E-state index contributed by atoms with van der Waals surface area (Å²) in [6, 6.07) is 1.64. The summed E-state index contributed by atoms with van der Waals surface area (Å²) in [5, 5.41) is 7.45. The van der Waals surface area contributed by atoms with E-state index < -0.39 is 17.5 Å². The van der Waals surface area contributed by atoms with E-state index in [1.807, 2.05) is 32.4 Å². The lowest BCUT2D eigenvalue weighted by Gasteiger charge is -2.10. The molecule has 0 unspecified atom stereocenters. The topological polar surface area (TPSA) is 29.9 Å². The van der Waals surface area contributed by atoms with Crippen LogP contribution in [0.1, 0.15) is 36.8 Å². The Labute approximate surface area is 121 Å². The van der Waals surface area contributed by atoms with Crippen molar-refractivity contribution in [3.63, 3.8) is 0 Å². The number of benzene rings is 1. The normalized spacial score (nSPS) is 11.2. The van der Waals surface area contributed by atoms with Gasteiger partial charge in [0.25, 0.3) is 0 Å². The van der Waals surface area contributed by atoms with Crippen LogP contribution in [0.4, 0.5) is 18.9 Å². The van der Waals surface area contributed by atoms with E-state index in [4.69, 9.17) is 0 Å². The van der Waals surface area contributed by atoms with Gasteiger partial charge in [0, 0.05) is 24.2 Å². The van der Waals surface area contributed by atoms with Gasteiger partial charge >= 0.3 is 0 Å². The van der Waals surface area contributed by atoms with E-state index in [1.54, 1.807) is 0 Å².